The molecule has 1 atom stereocenters. The van der Waals surface area contributed by atoms with E-state index in [2.05, 4.69) is 0 Å². The van der Waals surface area contributed by atoms with Crippen molar-refractivity contribution in [3.8, 4) is 5.75 Å². The molecule has 17 heavy (non-hydrogen) atoms. The van der Waals surface area contributed by atoms with Gasteiger partial charge in [0.05, 0.1) is 6.10 Å². The summed E-state index contributed by atoms with van der Waals surface area (Å²) in [5.74, 6) is 0.490. The number of aliphatic hydroxyl groups excluding tert-OH is 1. The number of amides is 1. The molecular formula is C13H17NO3. The Morgan fingerprint density at radius 1 is 1.47 bits per heavy atom. The molecule has 92 valence electrons. The van der Waals surface area contributed by atoms with E-state index < -0.39 is 12.2 Å². The van der Waals surface area contributed by atoms with Crippen LogP contribution in [-0.4, -0.2) is 30.2 Å². The third-order valence-electron chi connectivity index (χ3n) is 2.95. The summed E-state index contributed by atoms with van der Waals surface area (Å²) in [7, 11) is 3.27. The highest BCUT2D eigenvalue weighted by Gasteiger charge is 2.26. The van der Waals surface area contributed by atoms with Crippen molar-refractivity contribution < 1.29 is 14.6 Å². The van der Waals surface area contributed by atoms with Crippen LogP contribution in [0, 0.1) is 6.92 Å². The van der Waals surface area contributed by atoms with Crippen molar-refractivity contribution in [2.24, 2.45) is 0 Å². The molecule has 1 N–H and O–H groups in total. The first-order chi connectivity index (χ1) is 7.99. The van der Waals surface area contributed by atoms with Crippen LogP contribution in [0.5, 0.6) is 5.75 Å². The Morgan fingerprint density at radius 2 is 2.18 bits per heavy atom. The summed E-state index contributed by atoms with van der Waals surface area (Å²) in [4.78, 5) is 12.9. The number of carbonyl (C=O) groups excluding carboxylic acids is 1. The maximum atomic E-state index is 11.6. The fraction of sp³-hybridized carbons (Fsp3) is 0.462. The smallest absolute Gasteiger partial charge is 0.410 e. The van der Waals surface area contributed by atoms with Crippen molar-refractivity contribution in [1.29, 1.82) is 0 Å². The number of aliphatic hydroxyl groups is 1. The number of benzene rings is 1. The van der Waals surface area contributed by atoms with Crippen LogP contribution >= 0.6 is 0 Å². The summed E-state index contributed by atoms with van der Waals surface area (Å²) < 4.78 is 5.30. The van der Waals surface area contributed by atoms with E-state index in [1.165, 1.54) is 4.90 Å². The van der Waals surface area contributed by atoms with Crippen LogP contribution in [0.2, 0.25) is 0 Å². The third kappa shape index (κ3) is 2.26. The van der Waals surface area contributed by atoms with E-state index in [9.17, 15) is 9.90 Å². The topological polar surface area (TPSA) is 49.8 Å². The van der Waals surface area contributed by atoms with Gasteiger partial charge >= 0.3 is 6.09 Å². The average Bonchev–Trinajstić information content (AvgIpc) is 2.59. The maximum absolute atomic E-state index is 11.6. The molecule has 4 heteroatoms. The zero-order valence-electron chi connectivity index (χ0n) is 10.4. The van der Waals surface area contributed by atoms with Gasteiger partial charge in [-0.1, -0.05) is 6.07 Å². The minimum atomic E-state index is -0.518. The minimum Gasteiger partial charge on any atom is -0.410 e. The number of fused-ring (bicyclic) bond motifs is 1. The van der Waals surface area contributed by atoms with Crippen LogP contribution in [0.1, 0.15) is 29.2 Å². The Bertz CT molecular complexity index is 454. The highest BCUT2D eigenvalue weighted by molar-refractivity contribution is 5.71. The fourth-order valence-electron chi connectivity index (χ4n) is 2.13. The zero-order chi connectivity index (χ0) is 12.6. The Morgan fingerprint density at radius 3 is 2.82 bits per heavy atom. The summed E-state index contributed by atoms with van der Waals surface area (Å²) in [6.07, 6.45) is 0.600. The first-order valence-corrected chi connectivity index (χ1v) is 5.69. The molecule has 0 fully saturated rings. The highest BCUT2D eigenvalue weighted by Crippen LogP contribution is 2.38. The number of nitrogens with zero attached hydrogens (tertiary/aromatic N) is 1. The summed E-state index contributed by atoms with van der Waals surface area (Å²) in [5, 5.41) is 9.90. The van der Waals surface area contributed by atoms with Crippen LogP contribution in [-0.2, 0) is 6.42 Å². The number of hydrogen-bond donors (Lipinski definition) is 1. The van der Waals surface area contributed by atoms with Crippen molar-refractivity contribution >= 4 is 6.09 Å². The van der Waals surface area contributed by atoms with E-state index in [0.29, 0.717) is 12.2 Å². The zero-order valence-corrected chi connectivity index (χ0v) is 10.4. The van der Waals surface area contributed by atoms with Crippen molar-refractivity contribution in [1.82, 2.24) is 4.90 Å². The number of aryl methyl sites for hydroxylation is 2. The molecule has 0 spiro atoms. The summed E-state index contributed by atoms with van der Waals surface area (Å²) in [5.41, 5.74) is 2.89. The molecule has 0 saturated carbocycles. The van der Waals surface area contributed by atoms with Gasteiger partial charge in [0.25, 0.3) is 0 Å². The molecule has 1 aromatic rings. The standard InChI is InChI=1S/C13H17NO3/c1-8-6-9-4-5-10(15)12(9)11(7-8)17-13(16)14(2)3/h6-7,10,15H,4-5H2,1-3H3. The van der Waals surface area contributed by atoms with Gasteiger partial charge in [0.15, 0.2) is 0 Å². The quantitative estimate of drug-likeness (QED) is 0.810. The van der Waals surface area contributed by atoms with Gasteiger partial charge in [-0.2, -0.15) is 0 Å². The lowest BCUT2D eigenvalue weighted by atomic mass is 10.1. The molecule has 1 aliphatic rings. The van der Waals surface area contributed by atoms with Crippen LogP contribution in [0.4, 0.5) is 4.79 Å². The molecule has 1 unspecified atom stereocenters. The van der Waals surface area contributed by atoms with Gasteiger partial charge in [0, 0.05) is 19.7 Å². The normalized spacial score (nSPS) is 17.8. The van der Waals surface area contributed by atoms with Crippen molar-refractivity contribution in [3.05, 3.63) is 28.8 Å². The molecule has 2 rings (SSSR count). The molecule has 4 nitrogen and oxygen atoms in total. The van der Waals surface area contributed by atoms with Gasteiger partial charge in [-0.25, -0.2) is 4.79 Å². The molecule has 1 aliphatic carbocycles. The van der Waals surface area contributed by atoms with Gasteiger partial charge in [-0.05, 0) is 37.0 Å². The third-order valence-corrected chi connectivity index (χ3v) is 2.95. The molecule has 0 radical (unpaired) electrons. The highest BCUT2D eigenvalue weighted by atomic mass is 16.6. The molecular weight excluding hydrogens is 218 g/mol. The van der Waals surface area contributed by atoms with Gasteiger partial charge < -0.3 is 14.7 Å². The van der Waals surface area contributed by atoms with Crippen LogP contribution in [0.15, 0.2) is 12.1 Å². The lowest BCUT2D eigenvalue weighted by Gasteiger charge is -2.15. The average molecular weight is 235 g/mol. The SMILES string of the molecule is Cc1cc2c(c(OC(=O)N(C)C)c1)C(O)CC2. The second-order valence-corrected chi connectivity index (χ2v) is 4.65. The van der Waals surface area contributed by atoms with E-state index in [4.69, 9.17) is 4.74 Å². The monoisotopic (exact) mass is 235 g/mol. The van der Waals surface area contributed by atoms with E-state index >= 15 is 0 Å². The van der Waals surface area contributed by atoms with Crippen molar-refractivity contribution in [2.45, 2.75) is 25.9 Å². The number of hydrogen-bond acceptors (Lipinski definition) is 3. The molecule has 0 aromatic heterocycles. The Kier molecular flexibility index (Phi) is 3.07. The fourth-order valence-corrected chi connectivity index (χ4v) is 2.13. The lowest BCUT2D eigenvalue weighted by molar-refractivity contribution is 0.161. The lowest BCUT2D eigenvalue weighted by Crippen LogP contribution is -2.25. The molecule has 0 saturated heterocycles. The van der Waals surface area contributed by atoms with Crippen LogP contribution in [0.25, 0.3) is 0 Å². The summed E-state index contributed by atoms with van der Waals surface area (Å²) in [6, 6.07) is 3.84. The van der Waals surface area contributed by atoms with Crippen molar-refractivity contribution in [2.75, 3.05) is 14.1 Å². The molecule has 1 amide bonds. The number of ether oxygens (including phenoxy) is 1. The van der Waals surface area contributed by atoms with E-state index in [0.717, 1.165) is 23.1 Å². The van der Waals surface area contributed by atoms with Crippen LogP contribution < -0.4 is 4.74 Å². The Hall–Kier alpha value is -1.55. The molecule has 0 aliphatic heterocycles. The first kappa shape index (κ1) is 11.9. The van der Waals surface area contributed by atoms with Gasteiger partial charge in [-0.15, -0.1) is 0 Å². The van der Waals surface area contributed by atoms with Crippen molar-refractivity contribution in [3.63, 3.8) is 0 Å². The van der Waals surface area contributed by atoms with Gasteiger partial charge in [0.2, 0.25) is 0 Å². The first-order valence-electron chi connectivity index (χ1n) is 5.69. The minimum absolute atomic E-state index is 0.420. The summed E-state index contributed by atoms with van der Waals surface area (Å²) in [6.45, 7) is 1.96. The predicted molar refractivity (Wildman–Crippen MR) is 64.2 cm³/mol. The van der Waals surface area contributed by atoms with E-state index in [-0.39, 0.29) is 0 Å². The van der Waals surface area contributed by atoms with Gasteiger partial charge in [-0.3, -0.25) is 0 Å². The molecule has 0 bridgehead atoms. The predicted octanol–water partition coefficient (Wildman–Crippen LogP) is 2.04. The second kappa shape index (κ2) is 4.37. The summed E-state index contributed by atoms with van der Waals surface area (Å²) >= 11 is 0. The Balaban J connectivity index is 2.37. The largest absolute Gasteiger partial charge is 0.414 e. The number of carbonyl (C=O) groups is 1. The Labute approximate surface area is 101 Å². The number of rotatable bonds is 1. The van der Waals surface area contributed by atoms with E-state index in [1.807, 2.05) is 13.0 Å². The second-order valence-electron chi connectivity index (χ2n) is 4.65. The van der Waals surface area contributed by atoms with E-state index in [1.54, 1.807) is 20.2 Å². The van der Waals surface area contributed by atoms with Crippen LogP contribution in [0.3, 0.4) is 0 Å². The van der Waals surface area contributed by atoms with Gasteiger partial charge in [0.1, 0.15) is 5.75 Å². The maximum Gasteiger partial charge on any atom is 0.414 e. The molecule has 1 aromatic carbocycles. The molecule has 0 heterocycles.